The van der Waals surface area contributed by atoms with Crippen molar-refractivity contribution in [3.63, 3.8) is 0 Å². The SMILES string of the molecule is C=C1c2cccc(NCCC3CC4(C3)CN(C[C@H]3CC[C@H](c5nc6cc(C(C)(C)O)c(NC(=O)c7cccc(C(F)(F)F)n7)cc6s5)CC3)C4)c2C(=O)N1[C@H]1CCC(=O)NC1=O. The average molecular weight is 870 g/mol. The maximum atomic E-state index is 13.6. The Kier molecular flexibility index (Phi) is 10.8. The molecule has 0 unspecified atom stereocenters. The number of nitrogens with zero attached hydrogens (tertiary/aromatic N) is 4. The van der Waals surface area contributed by atoms with Gasteiger partial charge in [0.15, 0.2) is 0 Å². The molecule has 2 aromatic heterocycles. The van der Waals surface area contributed by atoms with Crippen LogP contribution in [0, 0.1) is 17.3 Å². The molecule has 16 heteroatoms. The van der Waals surface area contributed by atoms with Crippen molar-refractivity contribution in [2.45, 2.75) is 95.4 Å². The van der Waals surface area contributed by atoms with Gasteiger partial charge in [-0.2, -0.15) is 13.2 Å². The minimum Gasteiger partial charge on any atom is -0.386 e. The number of pyridine rings is 1. The zero-order valence-corrected chi connectivity index (χ0v) is 35.6. The maximum Gasteiger partial charge on any atom is 0.433 e. The molecule has 2 aliphatic carbocycles. The molecule has 0 bridgehead atoms. The number of piperidine rings is 1. The Bertz CT molecular complexity index is 2480. The van der Waals surface area contributed by atoms with Crippen LogP contribution >= 0.6 is 11.3 Å². The molecular weight excluding hydrogens is 820 g/mol. The highest BCUT2D eigenvalue weighted by atomic mass is 32.1. The van der Waals surface area contributed by atoms with E-state index in [9.17, 15) is 37.5 Å². The van der Waals surface area contributed by atoms with Crippen molar-refractivity contribution in [1.82, 2.24) is 25.1 Å². The third kappa shape index (κ3) is 8.12. The van der Waals surface area contributed by atoms with Crippen LogP contribution in [0.15, 0.2) is 55.1 Å². The summed E-state index contributed by atoms with van der Waals surface area (Å²) < 4.78 is 40.6. The number of alkyl halides is 3. The van der Waals surface area contributed by atoms with Crippen molar-refractivity contribution < 1.29 is 37.5 Å². The number of rotatable bonds is 11. The van der Waals surface area contributed by atoms with Gasteiger partial charge >= 0.3 is 6.18 Å². The molecule has 12 nitrogen and oxygen atoms in total. The number of hydrogen-bond donors (Lipinski definition) is 4. The molecule has 0 radical (unpaired) electrons. The number of hydrogen-bond acceptors (Lipinski definition) is 10. The third-order valence-corrected chi connectivity index (χ3v) is 14.7. The van der Waals surface area contributed by atoms with E-state index in [-0.39, 0.29) is 30.3 Å². The number of nitrogens with one attached hydrogen (secondary N) is 3. The number of anilines is 2. The Labute approximate surface area is 361 Å². The highest BCUT2D eigenvalue weighted by Gasteiger charge is 2.52. The lowest BCUT2D eigenvalue weighted by Crippen LogP contribution is -2.63. The fourth-order valence-electron chi connectivity index (χ4n) is 10.5. The molecule has 326 valence electrons. The molecule has 2 saturated heterocycles. The summed E-state index contributed by atoms with van der Waals surface area (Å²) in [4.78, 5) is 63.5. The van der Waals surface area contributed by atoms with Gasteiger partial charge in [0.2, 0.25) is 11.8 Å². The monoisotopic (exact) mass is 869 g/mol. The molecule has 1 atom stereocenters. The van der Waals surface area contributed by atoms with Crippen LogP contribution in [0.5, 0.6) is 0 Å². The van der Waals surface area contributed by atoms with E-state index >= 15 is 0 Å². The largest absolute Gasteiger partial charge is 0.433 e. The van der Waals surface area contributed by atoms with Crippen molar-refractivity contribution in [3.05, 3.63) is 88.2 Å². The number of aliphatic hydroxyl groups is 1. The second kappa shape index (κ2) is 15.9. The zero-order chi connectivity index (χ0) is 43.7. The predicted molar refractivity (Wildman–Crippen MR) is 229 cm³/mol. The topological polar surface area (TPSA) is 157 Å². The van der Waals surface area contributed by atoms with Crippen molar-refractivity contribution in [1.29, 1.82) is 0 Å². The van der Waals surface area contributed by atoms with Crippen LogP contribution in [0.2, 0.25) is 0 Å². The molecule has 5 heterocycles. The molecule has 62 heavy (non-hydrogen) atoms. The molecule has 9 rings (SSSR count). The van der Waals surface area contributed by atoms with Crippen molar-refractivity contribution in [2.24, 2.45) is 17.3 Å². The van der Waals surface area contributed by atoms with Crippen LogP contribution in [0.25, 0.3) is 15.9 Å². The second-order valence-electron chi connectivity index (χ2n) is 18.5. The van der Waals surface area contributed by atoms with E-state index in [1.165, 1.54) is 23.8 Å². The molecular formula is C46H50F3N7O5S. The number of benzene rings is 2. The standard InChI is InChI=1S/C46H50F3N7O5S/c1-25-29-6-4-7-31(39(29)43(60)56(25)35-14-15-38(57)54-41(35)59)50-17-16-27-20-45(21-27)23-55(24-45)22-26-10-12-28(13-11-26)42-53-34-18-30(44(2,3)61)33(19-36(34)62-42)52-40(58)32-8-5-9-37(51-32)46(47,48)49/h4-9,18-19,26-28,35,50,61H,1,10-17,20-24H2,2-3H3,(H,52,58)(H,54,57,59)/t26-,28-,35-/m0/s1. The first kappa shape index (κ1) is 42.1. The zero-order valence-electron chi connectivity index (χ0n) is 34.7. The molecule has 4 fully saturated rings. The Morgan fingerprint density at radius 3 is 2.44 bits per heavy atom. The quantitative estimate of drug-likeness (QED) is 0.110. The van der Waals surface area contributed by atoms with Crippen molar-refractivity contribution >= 4 is 62.3 Å². The Balaban J connectivity index is 0.735. The number of fused-ring (bicyclic) bond motifs is 2. The molecule has 4 aromatic rings. The van der Waals surface area contributed by atoms with Gasteiger partial charge in [0.25, 0.3) is 11.8 Å². The number of halogens is 3. The van der Waals surface area contributed by atoms with Crippen LogP contribution < -0.4 is 16.0 Å². The Morgan fingerprint density at radius 2 is 1.73 bits per heavy atom. The smallest absolute Gasteiger partial charge is 0.386 e. The normalized spacial score (nSPS) is 23.0. The lowest BCUT2D eigenvalue weighted by atomic mass is 9.57. The number of thiazole rings is 1. The van der Waals surface area contributed by atoms with Crippen LogP contribution in [0.1, 0.15) is 120 Å². The molecule has 4 amide bonds. The molecule has 4 N–H and O–H groups in total. The third-order valence-electron chi connectivity index (χ3n) is 13.5. The van der Waals surface area contributed by atoms with Crippen LogP contribution in [-0.4, -0.2) is 80.7 Å². The van der Waals surface area contributed by atoms with Gasteiger partial charge in [-0.05, 0) is 113 Å². The van der Waals surface area contributed by atoms with E-state index in [1.807, 2.05) is 18.2 Å². The fraction of sp³-hybridized carbons (Fsp3) is 0.478. The van der Waals surface area contributed by atoms with Gasteiger partial charge in [0.1, 0.15) is 17.4 Å². The highest BCUT2D eigenvalue weighted by Crippen LogP contribution is 2.54. The summed E-state index contributed by atoms with van der Waals surface area (Å²) >= 11 is 1.56. The van der Waals surface area contributed by atoms with Gasteiger partial charge in [0.05, 0.1) is 26.4 Å². The maximum absolute atomic E-state index is 13.6. The van der Waals surface area contributed by atoms with Gasteiger partial charge in [-0.25, -0.2) is 9.97 Å². The van der Waals surface area contributed by atoms with Gasteiger partial charge in [-0.15, -0.1) is 11.3 Å². The first-order chi connectivity index (χ1) is 29.4. The van der Waals surface area contributed by atoms with Gasteiger partial charge in [-0.1, -0.05) is 24.8 Å². The first-order valence-electron chi connectivity index (χ1n) is 21.4. The summed E-state index contributed by atoms with van der Waals surface area (Å²) in [6, 6.07) is 11.6. The number of imide groups is 1. The van der Waals surface area contributed by atoms with Gasteiger partial charge < -0.3 is 20.6 Å². The second-order valence-corrected chi connectivity index (χ2v) is 19.6. The molecule has 5 aliphatic rings. The number of carbonyl (C=O) groups is 4. The van der Waals surface area contributed by atoms with Gasteiger partial charge in [-0.3, -0.25) is 29.4 Å². The number of aromatic nitrogens is 2. The summed E-state index contributed by atoms with van der Waals surface area (Å²) in [5.74, 6) is -0.275. The predicted octanol–water partition coefficient (Wildman–Crippen LogP) is 7.91. The van der Waals surface area contributed by atoms with Crippen molar-refractivity contribution in [3.8, 4) is 0 Å². The molecule has 2 aromatic carbocycles. The number of carbonyl (C=O) groups excluding carboxylic acids is 4. The minimum atomic E-state index is -4.69. The lowest BCUT2D eigenvalue weighted by molar-refractivity contribution is -0.141. The van der Waals surface area contributed by atoms with E-state index in [1.54, 1.807) is 37.3 Å². The van der Waals surface area contributed by atoms with Crippen LogP contribution in [0.3, 0.4) is 0 Å². The molecule has 2 saturated carbocycles. The Hall–Kier alpha value is -5.19. The van der Waals surface area contributed by atoms with Crippen molar-refractivity contribution in [2.75, 3.05) is 36.8 Å². The summed E-state index contributed by atoms with van der Waals surface area (Å²) in [5, 5.41) is 20.6. The van der Waals surface area contributed by atoms with Crippen LogP contribution in [-0.2, 0) is 21.4 Å². The van der Waals surface area contributed by atoms with E-state index in [0.717, 1.165) is 85.8 Å². The van der Waals surface area contributed by atoms with E-state index in [0.29, 0.717) is 56.8 Å². The van der Waals surface area contributed by atoms with Crippen LogP contribution in [0.4, 0.5) is 24.5 Å². The summed E-state index contributed by atoms with van der Waals surface area (Å²) in [5.41, 5.74) is 1.44. The summed E-state index contributed by atoms with van der Waals surface area (Å²) in [6.45, 7) is 11.4. The van der Waals surface area contributed by atoms with E-state index < -0.39 is 35.3 Å². The average Bonchev–Trinajstić information content (AvgIpc) is 3.73. The molecule has 3 aliphatic heterocycles. The first-order valence-corrected chi connectivity index (χ1v) is 22.2. The molecule has 1 spiro atoms. The van der Waals surface area contributed by atoms with E-state index in [4.69, 9.17) is 4.98 Å². The Morgan fingerprint density at radius 1 is 0.984 bits per heavy atom. The minimum absolute atomic E-state index is 0.187. The summed E-state index contributed by atoms with van der Waals surface area (Å²) in [7, 11) is 0. The number of likely N-dealkylation sites (tertiary alicyclic amines) is 1. The highest BCUT2D eigenvalue weighted by molar-refractivity contribution is 7.18. The van der Waals surface area contributed by atoms with E-state index in [2.05, 4.69) is 32.4 Å². The fourth-order valence-corrected chi connectivity index (χ4v) is 11.7. The number of amides is 4. The summed E-state index contributed by atoms with van der Waals surface area (Å²) in [6.07, 6.45) is 3.50. The van der Waals surface area contributed by atoms with Gasteiger partial charge in [0, 0.05) is 66.7 Å². The lowest BCUT2D eigenvalue weighted by Gasteiger charge is -2.60.